The largest absolute Gasteiger partial charge is 0.479 e. The standard InChI is InChI=1S/C13H26O3/c1-4-6-8-9-10-13(3,12(14)15)16-11-7-5-2/h4-11H2,1-3H3,(H,14,15). The number of unbranched alkanes of at least 4 members (excludes halogenated alkanes) is 4. The molecule has 0 aromatic carbocycles. The minimum absolute atomic E-state index is 0.549. The van der Waals surface area contributed by atoms with Crippen LogP contribution in [0.2, 0.25) is 0 Å². The Labute approximate surface area is 99.2 Å². The van der Waals surface area contributed by atoms with Gasteiger partial charge >= 0.3 is 5.97 Å². The average molecular weight is 230 g/mol. The molecule has 0 aliphatic carbocycles. The number of hydrogen-bond acceptors (Lipinski definition) is 2. The summed E-state index contributed by atoms with van der Waals surface area (Å²) in [6.07, 6.45) is 6.94. The summed E-state index contributed by atoms with van der Waals surface area (Å²) in [5.41, 5.74) is -0.983. The average Bonchev–Trinajstić information content (AvgIpc) is 2.25. The number of carboxylic acids is 1. The van der Waals surface area contributed by atoms with Crippen molar-refractivity contribution in [3.8, 4) is 0 Å². The first-order chi connectivity index (χ1) is 7.56. The molecule has 0 saturated heterocycles. The summed E-state index contributed by atoms with van der Waals surface area (Å²) in [6.45, 7) is 6.46. The molecule has 1 unspecified atom stereocenters. The van der Waals surface area contributed by atoms with Crippen LogP contribution in [-0.4, -0.2) is 23.3 Å². The lowest BCUT2D eigenvalue weighted by atomic mass is 9.98. The molecule has 0 spiro atoms. The first-order valence-electron chi connectivity index (χ1n) is 6.44. The van der Waals surface area contributed by atoms with Crippen molar-refractivity contribution >= 4 is 5.97 Å². The number of rotatable bonds is 10. The van der Waals surface area contributed by atoms with E-state index in [1.54, 1.807) is 6.92 Å². The van der Waals surface area contributed by atoms with E-state index in [0.717, 1.165) is 25.7 Å². The van der Waals surface area contributed by atoms with Crippen molar-refractivity contribution in [1.29, 1.82) is 0 Å². The normalized spacial score (nSPS) is 14.7. The van der Waals surface area contributed by atoms with E-state index in [-0.39, 0.29) is 0 Å². The van der Waals surface area contributed by atoms with Gasteiger partial charge in [-0.1, -0.05) is 39.5 Å². The first-order valence-corrected chi connectivity index (χ1v) is 6.44. The van der Waals surface area contributed by atoms with Gasteiger partial charge in [0.15, 0.2) is 5.60 Å². The van der Waals surface area contributed by atoms with Crippen LogP contribution in [0.25, 0.3) is 0 Å². The molecule has 0 rings (SSSR count). The first kappa shape index (κ1) is 15.4. The number of carbonyl (C=O) groups is 1. The fraction of sp³-hybridized carbons (Fsp3) is 0.923. The summed E-state index contributed by atoms with van der Waals surface area (Å²) in [5.74, 6) is -0.833. The van der Waals surface area contributed by atoms with Gasteiger partial charge in [-0.15, -0.1) is 0 Å². The van der Waals surface area contributed by atoms with Crippen molar-refractivity contribution in [3.05, 3.63) is 0 Å². The van der Waals surface area contributed by atoms with Crippen molar-refractivity contribution in [2.75, 3.05) is 6.61 Å². The summed E-state index contributed by atoms with van der Waals surface area (Å²) < 4.78 is 5.51. The van der Waals surface area contributed by atoms with Crippen LogP contribution in [0.3, 0.4) is 0 Å². The molecule has 16 heavy (non-hydrogen) atoms. The molecule has 3 heteroatoms. The molecular formula is C13H26O3. The lowest BCUT2D eigenvalue weighted by Gasteiger charge is -2.25. The van der Waals surface area contributed by atoms with Crippen LogP contribution in [0.5, 0.6) is 0 Å². The van der Waals surface area contributed by atoms with E-state index in [4.69, 9.17) is 9.84 Å². The second-order valence-electron chi connectivity index (χ2n) is 4.55. The smallest absolute Gasteiger partial charge is 0.335 e. The van der Waals surface area contributed by atoms with Gasteiger partial charge in [-0.25, -0.2) is 4.79 Å². The van der Waals surface area contributed by atoms with E-state index in [1.807, 2.05) is 0 Å². The quantitative estimate of drug-likeness (QED) is 0.583. The van der Waals surface area contributed by atoms with Crippen molar-refractivity contribution in [2.45, 2.75) is 71.3 Å². The second kappa shape index (κ2) is 8.57. The van der Waals surface area contributed by atoms with E-state index in [1.165, 1.54) is 12.8 Å². The molecule has 3 nitrogen and oxygen atoms in total. The number of ether oxygens (including phenoxy) is 1. The molecule has 0 saturated carbocycles. The summed E-state index contributed by atoms with van der Waals surface area (Å²) in [5, 5.41) is 9.16. The van der Waals surface area contributed by atoms with Crippen molar-refractivity contribution in [2.24, 2.45) is 0 Å². The van der Waals surface area contributed by atoms with Crippen LogP contribution in [0, 0.1) is 0 Å². The van der Waals surface area contributed by atoms with Gasteiger partial charge < -0.3 is 9.84 Å². The Morgan fingerprint density at radius 1 is 1.12 bits per heavy atom. The van der Waals surface area contributed by atoms with Gasteiger partial charge in [0, 0.05) is 6.61 Å². The Kier molecular flexibility index (Phi) is 8.26. The second-order valence-corrected chi connectivity index (χ2v) is 4.55. The minimum atomic E-state index is -0.983. The van der Waals surface area contributed by atoms with Crippen LogP contribution in [0.4, 0.5) is 0 Å². The molecule has 0 bridgehead atoms. The highest BCUT2D eigenvalue weighted by Gasteiger charge is 2.33. The highest BCUT2D eigenvalue weighted by atomic mass is 16.5. The number of hydrogen-bond donors (Lipinski definition) is 1. The van der Waals surface area contributed by atoms with Gasteiger partial charge in [-0.3, -0.25) is 0 Å². The summed E-state index contributed by atoms with van der Waals surface area (Å²) in [6, 6.07) is 0. The van der Waals surface area contributed by atoms with E-state index in [0.29, 0.717) is 13.0 Å². The highest BCUT2D eigenvalue weighted by Crippen LogP contribution is 2.20. The van der Waals surface area contributed by atoms with Gasteiger partial charge in [-0.2, -0.15) is 0 Å². The maximum atomic E-state index is 11.2. The molecule has 0 fully saturated rings. The van der Waals surface area contributed by atoms with E-state index in [9.17, 15) is 4.79 Å². The SMILES string of the molecule is CCCCCCC(C)(OCCCC)C(=O)O. The molecule has 0 amide bonds. The van der Waals surface area contributed by atoms with Crippen LogP contribution in [0.15, 0.2) is 0 Å². The monoisotopic (exact) mass is 230 g/mol. The van der Waals surface area contributed by atoms with Crippen LogP contribution < -0.4 is 0 Å². The molecule has 1 atom stereocenters. The molecule has 0 aromatic rings. The summed E-state index contributed by atoms with van der Waals surface area (Å²) in [4.78, 5) is 11.2. The Morgan fingerprint density at radius 3 is 2.25 bits per heavy atom. The van der Waals surface area contributed by atoms with Gasteiger partial charge in [0.05, 0.1) is 0 Å². The number of aliphatic carboxylic acids is 1. The number of carboxylic acid groups (broad SMARTS) is 1. The maximum Gasteiger partial charge on any atom is 0.335 e. The Balaban J connectivity index is 3.96. The topological polar surface area (TPSA) is 46.5 Å². The molecular weight excluding hydrogens is 204 g/mol. The van der Waals surface area contributed by atoms with E-state index >= 15 is 0 Å². The third-order valence-corrected chi connectivity index (χ3v) is 2.88. The lowest BCUT2D eigenvalue weighted by molar-refractivity contribution is -0.165. The lowest BCUT2D eigenvalue weighted by Crippen LogP contribution is -2.38. The molecule has 0 aromatic heterocycles. The summed E-state index contributed by atoms with van der Waals surface area (Å²) in [7, 11) is 0. The molecule has 0 aliphatic rings. The highest BCUT2D eigenvalue weighted by molar-refractivity contribution is 5.76. The zero-order valence-corrected chi connectivity index (χ0v) is 10.9. The molecule has 0 radical (unpaired) electrons. The van der Waals surface area contributed by atoms with Gasteiger partial charge in [0.2, 0.25) is 0 Å². The van der Waals surface area contributed by atoms with Crippen LogP contribution in [-0.2, 0) is 9.53 Å². The predicted octanol–water partition coefficient (Wildman–Crippen LogP) is 3.62. The molecule has 0 aliphatic heterocycles. The zero-order valence-electron chi connectivity index (χ0n) is 10.9. The molecule has 96 valence electrons. The zero-order chi connectivity index (χ0) is 12.4. The maximum absolute atomic E-state index is 11.2. The van der Waals surface area contributed by atoms with Crippen molar-refractivity contribution < 1.29 is 14.6 Å². The Morgan fingerprint density at radius 2 is 1.75 bits per heavy atom. The Bertz CT molecular complexity index is 192. The third kappa shape index (κ3) is 6.11. The van der Waals surface area contributed by atoms with Crippen molar-refractivity contribution in [1.82, 2.24) is 0 Å². The fourth-order valence-electron chi connectivity index (χ4n) is 1.57. The van der Waals surface area contributed by atoms with Crippen LogP contribution >= 0.6 is 0 Å². The molecule has 0 heterocycles. The third-order valence-electron chi connectivity index (χ3n) is 2.88. The van der Waals surface area contributed by atoms with Crippen LogP contribution in [0.1, 0.15) is 65.7 Å². The Hall–Kier alpha value is -0.570. The van der Waals surface area contributed by atoms with E-state index in [2.05, 4.69) is 13.8 Å². The van der Waals surface area contributed by atoms with Gasteiger partial charge in [-0.05, 0) is 26.2 Å². The van der Waals surface area contributed by atoms with Gasteiger partial charge in [0.25, 0.3) is 0 Å². The van der Waals surface area contributed by atoms with E-state index < -0.39 is 11.6 Å². The van der Waals surface area contributed by atoms with Crippen molar-refractivity contribution in [3.63, 3.8) is 0 Å². The predicted molar refractivity (Wildman–Crippen MR) is 65.7 cm³/mol. The molecule has 1 N–H and O–H groups in total. The summed E-state index contributed by atoms with van der Waals surface area (Å²) >= 11 is 0. The van der Waals surface area contributed by atoms with Gasteiger partial charge in [0.1, 0.15) is 0 Å². The fourth-order valence-corrected chi connectivity index (χ4v) is 1.57. The minimum Gasteiger partial charge on any atom is -0.479 e.